The summed E-state index contributed by atoms with van der Waals surface area (Å²) in [7, 11) is 1.61. The van der Waals surface area contributed by atoms with E-state index in [2.05, 4.69) is 5.32 Å². The maximum atomic E-state index is 13.8. The Morgan fingerprint density at radius 3 is 2.05 bits per heavy atom. The van der Waals surface area contributed by atoms with Gasteiger partial charge < -0.3 is 15.0 Å². The normalized spacial score (nSPS) is 11.4. The molecule has 4 aromatic rings. The number of carbonyl (C=O) groups is 2. The molecule has 0 bridgehead atoms. The number of carbonyl (C=O) groups excluding carboxylic acids is 2. The van der Waals surface area contributed by atoms with Crippen molar-refractivity contribution in [2.75, 3.05) is 7.11 Å². The summed E-state index contributed by atoms with van der Waals surface area (Å²) in [6, 6.07) is 31.3. The number of hydrogen-bond donors (Lipinski definition) is 1. The predicted molar refractivity (Wildman–Crippen MR) is 151 cm³/mol. The van der Waals surface area contributed by atoms with Crippen LogP contribution in [0, 0.1) is 6.92 Å². The summed E-state index contributed by atoms with van der Waals surface area (Å²) in [6.45, 7) is 2.65. The van der Waals surface area contributed by atoms with Crippen molar-refractivity contribution < 1.29 is 14.3 Å². The monoisotopic (exact) mass is 526 g/mol. The second-order valence-corrected chi connectivity index (χ2v) is 9.63. The van der Waals surface area contributed by atoms with E-state index in [9.17, 15) is 9.59 Å². The van der Waals surface area contributed by atoms with Crippen LogP contribution in [0.3, 0.4) is 0 Å². The molecule has 5 nitrogen and oxygen atoms in total. The second-order valence-electron chi connectivity index (χ2n) is 9.19. The van der Waals surface area contributed by atoms with E-state index >= 15 is 0 Å². The van der Waals surface area contributed by atoms with E-state index in [1.54, 1.807) is 24.1 Å². The molecule has 0 radical (unpaired) electrons. The lowest BCUT2D eigenvalue weighted by Crippen LogP contribution is -2.43. The largest absolute Gasteiger partial charge is 0.497 e. The number of nitrogens with zero attached hydrogens (tertiary/aromatic N) is 1. The molecule has 38 heavy (non-hydrogen) atoms. The molecule has 1 atom stereocenters. The van der Waals surface area contributed by atoms with E-state index in [0.717, 1.165) is 33.6 Å². The Morgan fingerprint density at radius 2 is 1.42 bits per heavy atom. The van der Waals surface area contributed by atoms with Crippen molar-refractivity contribution in [2.45, 2.75) is 32.5 Å². The number of aryl methyl sites for hydroxylation is 1. The molecular weight excluding hydrogens is 496 g/mol. The molecule has 194 valence electrons. The first kappa shape index (κ1) is 27.0. The summed E-state index contributed by atoms with van der Waals surface area (Å²) < 4.78 is 5.29. The third-order valence-corrected chi connectivity index (χ3v) is 6.62. The number of hydrogen-bond acceptors (Lipinski definition) is 3. The Morgan fingerprint density at radius 1 is 0.816 bits per heavy atom. The molecule has 0 aliphatic heterocycles. The fraction of sp³-hybridized carbons (Fsp3) is 0.188. The van der Waals surface area contributed by atoms with Crippen LogP contribution >= 0.6 is 11.6 Å². The van der Waals surface area contributed by atoms with Crippen molar-refractivity contribution in [1.82, 2.24) is 10.2 Å². The lowest BCUT2D eigenvalue weighted by atomic mass is 10.0. The molecule has 0 fully saturated rings. The summed E-state index contributed by atoms with van der Waals surface area (Å²) in [6.07, 6.45) is 0.141. The highest BCUT2D eigenvalue weighted by Crippen LogP contribution is 2.26. The fourth-order valence-corrected chi connectivity index (χ4v) is 4.36. The lowest BCUT2D eigenvalue weighted by Gasteiger charge is -2.32. The first-order chi connectivity index (χ1) is 18.4. The minimum Gasteiger partial charge on any atom is -0.497 e. The molecule has 1 N–H and O–H groups in total. The van der Waals surface area contributed by atoms with Crippen molar-refractivity contribution >= 4 is 23.4 Å². The molecule has 2 amide bonds. The molecular formula is C32H31ClN2O3. The molecule has 0 aliphatic rings. The van der Waals surface area contributed by atoms with Crippen LogP contribution in [0.5, 0.6) is 5.75 Å². The van der Waals surface area contributed by atoms with Gasteiger partial charge >= 0.3 is 0 Å². The van der Waals surface area contributed by atoms with Crippen molar-refractivity contribution in [3.63, 3.8) is 0 Å². The average molecular weight is 527 g/mol. The van der Waals surface area contributed by atoms with Gasteiger partial charge in [0.15, 0.2) is 0 Å². The quantitative estimate of drug-likeness (QED) is 0.264. The third-order valence-electron chi connectivity index (χ3n) is 6.36. The molecule has 0 spiro atoms. The Hall–Kier alpha value is -4.09. The van der Waals surface area contributed by atoms with Gasteiger partial charge in [0.25, 0.3) is 0 Å². The van der Waals surface area contributed by atoms with Gasteiger partial charge in [0, 0.05) is 18.1 Å². The zero-order chi connectivity index (χ0) is 26.9. The molecule has 0 aromatic heterocycles. The molecule has 4 rings (SSSR count). The zero-order valence-corrected chi connectivity index (χ0v) is 22.3. The predicted octanol–water partition coefficient (Wildman–Crippen LogP) is 6.29. The van der Waals surface area contributed by atoms with Gasteiger partial charge in [-0.2, -0.15) is 0 Å². The molecule has 0 aliphatic carbocycles. The number of nitrogens with one attached hydrogen (secondary N) is 1. The van der Waals surface area contributed by atoms with Crippen molar-refractivity contribution in [3.8, 4) is 5.75 Å². The van der Waals surface area contributed by atoms with Crippen LogP contribution in [0.15, 0.2) is 103 Å². The third kappa shape index (κ3) is 7.24. The van der Waals surface area contributed by atoms with E-state index < -0.39 is 6.04 Å². The van der Waals surface area contributed by atoms with E-state index in [1.807, 2.05) is 97.9 Å². The molecule has 0 saturated heterocycles. The Balaban J connectivity index is 1.66. The van der Waals surface area contributed by atoms with Gasteiger partial charge in [0.1, 0.15) is 11.8 Å². The van der Waals surface area contributed by atoms with Crippen LogP contribution in [0.25, 0.3) is 0 Å². The maximum Gasteiger partial charge on any atom is 0.247 e. The van der Waals surface area contributed by atoms with E-state index in [-0.39, 0.29) is 24.8 Å². The number of ether oxygens (including phenoxy) is 1. The summed E-state index contributed by atoms with van der Waals surface area (Å²) in [4.78, 5) is 29.3. The first-order valence-electron chi connectivity index (χ1n) is 12.5. The minimum absolute atomic E-state index is 0.141. The average Bonchev–Trinajstić information content (AvgIpc) is 2.94. The lowest BCUT2D eigenvalue weighted by molar-refractivity contribution is -0.141. The number of rotatable bonds is 10. The van der Waals surface area contributed by atoms with Gasteiger partial charge in [0.05, 0.1) is 13.5 Å². The Kier molecular flexibility index (Phi) is 9.17. The van der Waals surface area contributed by atoms with Gasteiger partial charge in [-0.05, 0) is 53.4 Å². The highest BCUT2D eigenvalue weighted by molar-refractivity contribution is 6.30. The van der Waals surface area contributed by atoms with Crippen LogP contribution < -0.4 is 10.1 Å². The fourth-order valence-electron chi connectivity index (χ4n) is 4.23. The molecule has 0 heterocycles. The second kappa shape index (κ2) is 12.9. The topological polar surface area (TPSA) is 58.6 Å². The standard InChI is InChI=1S/C32H31ClN2O3/c1-23-8-10-25(11-9-23)21-34-32(37)31(27-6-4-3-5-7-27)35(22-26-14-18-29(38-2)19-15-26)30(36)20-24-12-16-28(33)17-13-24/h3-19,31H,20-22H2,1-2H3,(H,34,37). The SMILES string of the molecule is COc1ccc(CN(C(=O)Cc2ccc(Cl)cc2)C(C(=O)NCc2ccc(C)cc2)c2ccccc2)cc1. The van der Waals surface area contributed by atoms with Gasteiger partial charge in [0.2, 0.25) is 11.8 Å². The first-order valence-corrected chi connectivity index (χ1v) is 12.9. The van der Waals surface area contributed by atoms with Crippen molar-refractivity contribution in [2.24, 2.45) is 0 Å². The Labute approximate surface area is 229 Å². The Bertz CT molecular complexity index is 1340. The van der Waals surface area contributed by atoms with Crippen LogP contribution in [0.2, 0.25) is 5.02 Å². The molecule has 4 aromatic carbocycles. The van der Waals surface area contributed by atoms with Crippen LogP contribution in [-0.2, 0) is 29.1 Å². The van der Waals surface area contributed by atoms with Crippen LogP contribution in [-0.4, -0.2) is 23.8 Å². The van der Waals surface area contributed by atoms with Crippen LogP contribution in [0.4, 0.5) is 0 Å². The molecule has 0 saturated carbocycles. The summed E-state index contributed by atoms with van der Waals surface area (Å²) in [5, 5.41) is 3.66. The van der Waals surface area contributed by atoms with E-state index in [1.165, 1.54) is 0 Å². The van der Waals surface area contributed by atoms with Crippen molar-refractivity contribution in [3.05, 3.63) is 136 Å². The zero-order valence-electron chi connectivity index (χ0n) is 21.6. The van der Waals surface area contributed by atoms with Crippen LogP contribution in [0.1, 0.15) is 33.9 Å². The summed E-state index contributed by atoms with van der Waals surface area (Å²) in [5.41, 5.74) is 4.60. The summed E-state index contributed by atoms with van der Waals surface area (Å²) >= 11 is 6.05. The highest BCUT2D eigenvalue weighted by atomic mass is 35.5. The van der Waals surface area contributed by atoms with Gasteiger partial charge in [-0.15, -0.1) is 0 Å². The van der Waals surface area contributed by atoms with Crippen molar-refractivity contribution in [1.29, 1.82) is 0 Å². The number of amides is 2. The smallest absolute Gasteiger partial charge is 0.247 e. The van der Waals surface area contributed by atoms with E-state index in [0.29, 0.717) is 11.6 Å². The highest BCUT2D eigenvalue weighted by Gasteiger charge is 2.31. The van der Waals surface area contributed by atoms with Gasteiger partial charge in [-0.25, -0.2) is 0 Å². The number of halogens is 1. The number of methoxy groups -OCH3 is 1. The number of benzene rings is 4. The van der Waals surface area contributed by atoms with Gasteiger partial charge in [-0.3, -0.25) is 9.59 Å². The maximum absolute atomic E-state index is 13.8. The molecule has 1 unspecified atom stereocenters. The minimum atomic E-state index is -0.816. The van der Waals surface area contributed by atoms with E-state index in [4.69, 9.17) is 16.3 Å². The molecule has 6 heteroatoms. The summed E-state index contributed by atoms with van der Waals surface area (Å²) in [5.74, 6) is 0.320. The van der Waals surface area contributed by atoms with Gasteiger partial charge in [-0.1, -0.05) is 96.0 Å².